The molecule has 86 valence electrons. The summed E-state index contributed by atoms with van der Waals surface area (Å²) in [5.41, 5.74) is 1.19. The van der Waals surface area contributed by atoms with Crippen molar-refractivity contribution in [2.24, 2.45) is 0 Å². The standard InChI is InChI=1S/C14H19NO/c1-4-7-13(5-2)15-11-12-8-6-9-14(10-12)16-3/h2,6,8-10,13,15H,4,7,11H2,1,3H3. The van der Waals surface area contributed by atoms with Crippen LogP contribution in [0.1, 0.15) is 25.3 Å². The number of benzene rings is 1. The van der Waals surface area contributed by atoms with Gasteiger partial charge in [-0.15, -0.1) is 6.42 Å². The molecule has 1 rings (SSSR count). The highest BCUT2D eigenvalue weighted by Gasteiger charge is 2.02. The monoisotopic (exact) mass is 217 g/mol. The molecule has 0 heterocycles. The number of terminal acetylenes is 1. The number of nitrogens with one attached hydrogen (secondary N) is 1. The maximum Gasteiger partial charge on any atom is 0.119 e. The van der Waals surface area contributed by atoms with Gasteiger partial charge in [0.1, 0.15) is 5.75 Å². The molecule has 0 saturated carbocycles. The molecule has 16 heavy (non-hydrogen) atoms. The molecule has 0 spiro atoms. The molecule has 0 aliphatic heterocycles. The van der Waals surface area contributed by atoms with Gasteiger partial charge in [-0.3, -0.25) is 5.32 Å². The van der Waals surface area contributed by atoms with Gasteiger partial charge < -0.3 is 4.74 Å². The summed E-state index contributed by atoms with van der Waals surface area (Å²) >= 11 is 0. The molecule has 0 radical (unpaired) electrons. The molecule has 1 N–H and O–H groups in total. The second-order valence-corrected chi connectivity index (χ2v) is 3.74. The van der Waals surface area contributed by atoms with Crippen molar-refractivity contribution in [3.05, 3.63) is 29.8 Å². The highest BCUT2D eigenvalue weighted by atomic mass is 16.5. The SMILES string of the molecule is C#CC(CCC)NCc1cccc(OC)c1. The topological polar surface area (TPSA) is 21.3 Å². The van der Waals surface area contributed by atoms with Crippen LogP contribution in [0.3, 0.4) is 0 Å². The summed E-state index contributed by atoms with van der Waals surface area (Å²) < 4.78 is 5.17. The van der Waals surface area contributed by atoms with E-state index in [-0.39, 0.29) is 6.04 Å². The smallest absolute Gasteiger partial charge is 0.119 e. The van der Waals surface area contributed by atoms with Gasteiger partial charge in [0.2, 0.25) is 0 Å². The Morgan fingerprint density at radius 3 is 2.94 bits per heavy atom. The molecule has 0 fully saturated rings. The molecule has 0 aliphatic carbocycles. The lowest BCUT2D eigenvalue weighted by molar-refractivity contribution is 0.414. The Balaban J connectivity index is 2.50. The predicted molar refractivity (Wildman–Crippen MR) is 67.4 cm³/mol. The molecular weight excluding hydrogens is 198 g/mol. The van der Waals surface area contributed by atoms with Crippen molar-refractivity contribution in [3.8, 4) is 18.1 Å². The van der Waals surface area contributed by atoms with Gasteiger partial charge in [-0.2, -0.15) is 0 Å². The van der Waals surface area contributed by atoms with Crippen molar-refractivity contribution in [1.82, 2.24) is 5.32 Å². The van der Waals surface area contributed by atoms with Gasteiger partial charge >= 0.3 is 0 Å². The van der Waals surface area contributed by atoms with Gasteiger partial charge in [0.25, 0.3) is 0 Å². The molecule has 0 amide bonds. The number of hydrogen-bond acceptors (Lipinski definition) is 2. The highest BCUT2D eigenvalue weighted by Crippen LogP contribution is 2.12. The van der Waals surface area contributed by atoms with Crippen LogP contribution in [0.25, 0.3) is 0 Å². The Morgan fingerprint density at radius 2 is 2.31 bits per heavy atom. The average molecular weight is 217 g/mol. The largest absolute Gasteiger partial charge is 0.497 e. The van der Waals surface area contributed by atoms with Gasteiger partial charge in [0.05, 0.1) is 13.2 Å². The van der Waals surface area contributed by atoms with E-state index < -0.39 is 0 Å². The lowest BCUT2D eigenvalue weighted by atomic mass is 10.1. The molecule has 1 atom stereocenters. The molecule has 1 aromatic rings. The summed E-state index contributed by atoms with van der Waals surface area (Å²) in [6.07, 6.45) is 7.55. The third-order valence-corrected chi connectivity index (χ3v) is 2.47. The van der Waals surface area contributed by atoms with Crippen molar-refractivity contribution >= 4 is 0 Å². The Bertz CT molecular complexity index is 354. The second kappa shape index (κ2) is 6.92. The van der Waals surface area contributed by atoms with E-state index in [1.807, 2.05) is 18.2 Å². The number of hydrogen-bond donors (Lipinski definition) is 1. The maximum atomic E-state index is 5.44. The zero-order valence-corrected chi connectivity index (χ0v) is 9.99. The average Bonchev–Trinajstić information content (AvgIpc) is 2.34. The van der Waals surface area contributed by atoms with Crippen molar-refractivity contribution < 1.29 is 4.74 Å². The lowest BCUT2D eigenvalue weighted by Gasteiger charge is -2.12. The minimum atomic E-state index is 0.163. The lowest BCUT2D eigenvalue weighted by Crippen LogP contribution is -2.26. The van der Waals surface area contributed by atoms with Crippen LogP contribution >= 0.6 is 0 Å². The normalized spacial score (nSPS) is 11.8. The molecule has 0 aliphatic rings. The zero-order valence-electron chi connectivity index (χ0n) is 9.99. The van der Waals surface area contributed by atoms with E-state index in [1.165, 1.54) is 5.56 Å². The zero-order chi connectivity index (χ0) is 11.8. The van der Waals surface area contributed by atoms with E-state index in [2.05, 4.69) is 24.2 Å². The third-order valence-electron chi connectivity index (χ3n) is 2.47. The fourth-order valence-corrected chi connectivity index (χ4v) is 1.56. The number of methoxy groups -OCH3 is 1. The summed E-state index contributed by atoms with van der Waals surface area (Å²) in [5, 5.41) is 3.35. The third kappa shape index (κ3) is 3.96. The van der Waals surface area contributed by atoms with E-state index in [0.717, 1.165) is 25.1 Å². The van der Waals surface area contributed by atoms with E-state index in [4.69, 9.17) is 11.2 Å². The summed E-state index contributed by atoms with van der Waals surface area (Å²) in [7, 11) is 1.67. The molecular formula is C14H19NO. The fraction of sp³-hybridized carbons (Fsp3) is 0.429. The van der Waals surface area contributed by atoms with Crippen LogP contribution in [0, 0.1) is 12.3 Å². The van der Waals surface area contributed by atoms with Crippen LogP contribution in [-0.2, 0) is 6.54 Å². The van der Waals surface area contributed by atoms with Crippen molar-refractivity contribution in [1.29, 1.82) is 0 Å². The first-order valence-electron chi connectivity index (χ1n) is 5.62. The van der Waals surface area contributed by atoms with Gasteiger partial charge in [0.15, 0.2) is 0 Å². The minimum Gasteiger partial charge on any atom is -0.497 e. The second-order valence-electron chi connectivity index (χ2n) is 3.74. The number of rotatable bonds is 6. The van der Waals surface area contributed by atoms with Crippen LogP contribution < -0.4 is 10.1 Å². The fourth-order valence-electron chi connectivity index (χ4n) is 1.56. The van der Waals surface area contributed by atoms with Gasteiger partial charge in [-0.25, -0.2) is 0 Å². The molecule has 1 unspecified atom stereocenters. The van der Waals surface area contributed by atoms with Crippen LogP contribution in [0.5, 0.6) is 5.75 Å². The van der Waals surface area contributed by atoms with Crippen LogP contribution in [-0.4, -0.2) is 13.2 Å². The molecule has 2 heteroatoms. The molecule has 0 bridgehead atoms. The summed E-state index contributed by atoms with van der Waals surface area (Å²) in [4.78, 5) is 0. The van der Waals surface area contributed by atoms with Crippen LogP contribution in [0.4, 0.5) is 0 Å². The van der Waals surface area contributed by atoms with E-state index >= 15 is 0 Å². The first-order chi connectivity index (χ1) is 7.80. The molecule has 1 aromatic carbocycles. The highest BCUT2D eigenvalue weighted by molar-refractivity contribution is 5.28. The van der Waals surface area contributed by atoms with Crippen molar-refractivity contribution in [2.45, 2.75) is 32.4 Å². The van der Waals surface area contributed by atoms with E-state index in [9.17, 15) is 0 Å². The molecule has 0 aromatic heterocycles. The summed E-state index contributed by atoms with van der Waals surface area (Å²) in [6.45, 7) is 2.92. The Morgan fingerprint density at radius 1 is 1.50 bits per heavy atom. The van der Waals surface area contributed by atoms with Gasteiger partial charge in [-0.1, -0.05) is 31.4 Å². The number of ether oxygens (including phenoxy) is 1. The van der Waals surface area contributed by atoms with Crippen molar-refractivity contribution in [2.75, 3.05) is 7.11 Å². The summed E-state index contributed by atoms with van der Waals surface area (Å²) in [5.74, 6) is 3.64. The Kier molecular flexibility index (Phi) is 5.45. The quantitative estimate of drug-likeness (QED) is 0.739. The summed E-state index contributed by atoms with van der Waals surface area (Å²) in [6, 6.07) is 8.17. The molecule has 2 nitrogen and oxygen atoms in total. The predicted octanol–water partition coefficient (Wildman–Crippen LogP) is 2.59. The van der Waals surface area contributed by atoms with E-state index in [0.29, 0.717) is 0 Å². The first-order valence-corrected chi connectivity index (χ1v) is 5.62. The molecule has 0 saturated heterocycles. The first kappa shape index (κ1) is 12.6. The Labute approximate surface area is 98.0 Å². The minimum absolute atomic E-state index is 0.163. The van der Waals surface area contributed by atoms with E-state index in [1.54, 1.807) is 7.11 Å². The van der Waals surface area contributed by atoms with Gasteiger partial charge in [-0.05, 0) is 24.1 Å². The van der Waals surface area contributed by atoms with Crippen molar-refractivity contribution in [3.63, 3.8) is 0 Å². The Hall–Kier alpha value is -1.46. The van der Waals surface area contributed by atoms with Gasteiger partial charge in [0, 0.05) is 6.54 Å². The van der Waals surface area contributed by atoms with Crippen LogP contribution in [0.15, 0.2) is 24.3 Å². The van der Waals surface area contributed by atoms with Crippen LogP contribution in [0.2, 0.25) is 0 Å². The maximum absolute atomic E-state index is 5.44.